The summed E-state index contributed by atoms with van der Waals surface area (Å²) in [6.07, 6.45) is 6.54. The molecule has 0 spiro atoms. The Morgan fingerprint density at radius 3 is 2.72 bits per heavy atom. The largest absolute Gasteiger partial charge is 0.378 e. The molecule has 0 bridgehead atoms. The van der Waals surface area contributed by atoms with E-state index in [1.807, 2.05) is 6.07 Å². The van der Waals surface area contributed by atoms with E-state index < -0.39 is 0 Å². The molecule has 1 aliphatic carbocycles. The minimum Gasteiger partial charge on any atom is -0.378 e. The van der Waals surface area contributed by atoms with E-state index in [1.54, 1.807) is 11.6 Å². The summed E-state index contributed by atoms with van der Waals surface area (Å²) in [4.78, 5) is 27.9. The number of likely N-dealkylation sites (tertiary alicyclic amines) is 1. The van der Waals surface area contributed by atoms with Crippen LogP contribution in [0.4, 0.5) is 0 Å². The Morgan fingerprint density at radius 2 is 1.92 bits per heavy atom. The predicted molar refractivity (Wildman–Crippen MR) is 95.0 cm³/mol. The second kappa shape index (κ2) is 6.92. The molecule has 2 aliphatic heterocycles. The fraction of sp³-hybridized carbons (Fsp3) is 0.684. The van der Waals surface area contributed by atoms with E-state index in [0.717, 1.165) is 50.0 Å². The van der Waals surface area contributed by atoms with Gasteiger partial charge in [0.05, 0.1) is 25.3 Å². The number of nitrogens with zero attached hydrogens (tertiary/aromatic N) is 2. The number of nitrogens with one attached hydrogen (secondary N) is 1. The van der Waals surface area contributed by atoms with Crippen molar-refractivity contribution in [3.63, 3.8) is 0 Å². The van der Waals surface area contributed by atoms with Gasteiger partial charge in [0.25, 0.3) is 11.5 Å². The molecule has 2 fully saturated rings. The van der Waals surface area contributed by atoms with Gasteiger partial charge in [-0.15, -0.1) is 0 Å². The summed E-state index contributed by atoms with van der Waals surface area (Å²) in [5, 5.41) is 3.08. The van der Waals surface area contributed by atoms with Crippen LogP contribution in [0.3, 0.4) is 0 Å². The number of carbonyl (C=O) groups is 1. The second-order valence-corrected chi connectivity index (χ2v) is 7.53. The van der Waals surface area contributed by atoms with Gasteiger partial charge in [-0.2, -0.15) is 0 Å². The molecule has 3 heterocycles. The van der Waals surface area contributed by atoms with Gasteiger partial charge in [0.1, 0.15) is 5.56 Å². The van der Waals surface area contributed by atoms with Crippen molar-refractivity contribution >= 4 is 5.91 Å². The lowest BCUT2D eigenvalue weighted by molar-refractivity contribution is 0.0914. The number of carbonyl (C=O) groups excluding carboxylic acids is 1. The van der Waals surface area contributed by atoms with Gasteiger partial charge in [-0.3, -0.25) is 14.5 Å². The number of pyridine rings is 1. The number of aryl methyl sites for hydroxylation is 1. The van der Waals surface area contributed by atoms with Crippen LogP contribution >= 0.6 is 0 Å². The van der Waals surface area contributed by atoms with E-state index in [0.29, 0.717) is 13.2 Å². The molecule has 0 unspecified atom stereocenters. The third-order valence-corrected chi connectivity index (χ3v) is 5.96. The fourth-order valence-electron chi connectivity index (χ4n) is 4.51. The van der Waals surface area contributed by atoms with Crippen molar-refractivity contribution in [2.75, 3.05) is 26.3 Å². The van der Waals surface area contributed by atoms with E-state index in [1.165, 1.54) is 12.8 Å². The molecule has 0 saturated carbocycles. The van der Waals surface area contributed by atoms with Crippen LogP contribution in [0.15, 0.2) is 10.9 Å². The smallest absolute Gasteiger partial charge is 0.263 e. The van der Waals surface area contributed by atoms with Crippen LogP contribution in [-0.4, -0.2) is 53.8 Å². The van der Waals surface area contributed by atoms with E-state index in [9.17, 15) is 9.59 Å². The van der Waals surface area contributed by atoms with Crippen LogP contribution in [-0.2, 0) is 24.6 Å². The predicted octanol–water partition coefficient (Wildman–Crippen LogP) is 0.857. The number of amides is 1. The van der Waals surface area contributed by atoms with Gasteiger partial charge in [0.2, 0.25) is 0 Å². The Labute approximate surface area is 148 Å². The van der Waals surface area contributed by atoms with Gasteiger partial charge in [-0.1, -0.05) is 0 Å². The summed E-state index contributed by atoms with van der Waals surface area (Å²) in [7, 11) is 1.79. The van der Waals surface area contributed by atoms with Crippen molar-refractivity contribution in [2.24, 2.45) is 7.05 Å². The first-order valence-corrected chi connectivity index (χ1v) is 9.49. The summed E-state index contributed by atoms with van der Waals surface area (Å²) in [6.45, 7) is 3.33. The molecule has 1 aromatic rings. The molecule has 1 N–H and O–H groups in total. The minimum absolute atomic E-state index is 0.0358. The van der Waals surface area contributed by atoms with Crippen LogP contribution in [0, 0.1) is 0 Å². The molecule has 25 heavy (non-hydrogen) atoms. The number of aromatic nitrogens is 1. The SMILES string of the molecule is Cn1c2c(cc(C(=O)N[C@H]3COC[C@@H]3N3CCCC3)c1=O)CCCC2. The Morgan fingerprint density at radius 1 is 1.16 bits per heavy atom. The number of fused-ring (bicyclic) bond motifs is 1. The molecule has 2 atom stereocenters. The third-order valence-electron chi connectivity index (χ3n) is 5.96. The highest BCUT2D eigenvalue weighted by atomic mass is 16.5. The number of hydrogen-bond donors (Lipinski definition) is 1. The van der Waals surface area contributed by atoms with Crippen molar-refractivity contribution in [1.82, 2.24) is 14.8 Å². The second-order valence-electron chi connectivity index (χ2n) is 7.53. The molecular weight excluding hydrogens is 318 g/mol. The Hall–Kier alpha value is -1.66. The van der Waals surface area contributed by atoms with Crippen LogP contribution in [0.1, 0.15) is 47.3 Å². The van der Waals surface area contributed by atoms with Crippen LogP contribution < -0.4 is 10.9 Å². The highest BCUT2D eigenvalue weighted by molar-refractivity contribution is 5.94. The molecule has 6 nitrogen and oxygen atoms in total. The van der Waals surface area contributed by atoms with Crippen molar-refractivity contribution in [3.8, 4) is 0 Å². The standard InChI is InChI=1S/C19H27N3O3/c1-21-16-7-3-2-6-13(16)10-14(19(21)24)18(23)20-15-11-25-12-17(15)22-8-4-5-9-22/h10,15,17H,2-9,11-12H2,1H3,(H,20,23)/t15-,17-/m0/s1. The van der Waals surface area contributed by atoms with Crippen LogP contribution in [0.2, 0.25) is 0 Å². The first kappa shape index (κ1) is 16.8. The molecule has 4 rings (SSSR count). The summed E-state index contributed by atoms with van der Waals surface area (Å²) < 4.78 is 7.30. The fourth-order valence-corrected chi connectivity index (χ4v) is 4.51. The maximum absolute atomic E-state index is 12.8. The lowest BCUT2D eigenvalue weighted by atomic mass is 9.94. The Balaban J connectivity index is 1.55. The summed E-state index contributed by atoms with van der Waals surface area (Å²) in [6, 6.07) is 2.02. The molecule has 3 aliphatic rings. The molecule has 2 saturated heterocycles. The van der Waals surface area contributed by atoms with Crippen molar-refractivity contribution in [3.05, 3.63) is 33.2 Å². The Kier molecular flexibility index (Phi) is 4.65. The van der Waals surface area contributed by atoms with Crippen LogP contribution in [0.5, 0.6) is 0 Å². The van der Waals surface area contributed by atoms with Crippen LogP contribution in [0.25, 0.3) is 0 Å². The number of ether oxygens (including phenoxy) is 1. The first-order chi connectivity index (χ1) is 12.1. The monoisotopic (exact) mass is 345 g/mol. The molecule has 1 amide bonds. The zero-order valence-electron chi connectivity index (χ0n) is 14.9. The first-order valence-electron chi connectivity index (χ1n) is 9.49. The van der Waals surface area contributed by atoms with Gasteiger partial charge < -0.3 is 14.6 Å². The van der Waals surface area contributed by atoms with Crippen molar-refractivity contribution in [1.29, 1.82) is 0 Å². The molecule has 0 aromatic carbocycles. The van der Waals surface area contributed by atoms with E-state index in [-0.39, 0.29) is 29.1 Å². The van der Waals surface area contributed by atoms with Gasteiger partial charge >= 0.3 is 0 Å². The summed E-state index contributed by atoms with van der Waals surface area (Å²) in [5.41, 5.74) is 2.33. The zero-order chi connectivity index (χ0) is 17.4. The maximum Gasteiger partial charge on any atom is 0.263 e. The molecular formula is C19H27N3O3. The molecule has 0 radical (unpaired) electrons. The minimum atomic E-state index is -0.256. The summed E-state index contributed by atoms with van der Waals surface area (Å²) in [5.74, 6) is -0.256. The van der Waals surface area contributed by atoms with Gasteiger partial charge in [-0.05, 0) is 63.2 Å². The quantitative estimate of drug-likeness (QED) is 0.882. The lowest BCUT2D eigenvalue weighted by Crippen LogP contribution is -2.51. The summed E-state index contributed by atoms with van der Waals surface area (Å²) >= 11 is 0. The molecule has 1 aromatic heterocycles. The molecule has 136 valence electrons. The number of hydrogen-bond acceptors (Lipinski definition) is 4. The molecule has 6 heteroatoms. The van der Waals surface area contributed by atoms with E-state index >= 15 is 0 Å². The highest BCUT2D eigenvalue weighted by Crippen LogP contribution is 2.21. The lowest BCUT2D eigenvalue weighted by Gasteiger charge is -2.28. The van der Waals surface area contributed by atoms with Gasteiger partial charge in [0, 0.05) is 12.7 Å². The van der Waals surface area contributed by atoms with Crippen molar-refractivity contribution < 1.29 is 9.53 Å². The van der Waals surface area contributed by atoms with Gasteiger partial charge in [-0.25, -0.2) is 0 Å². The Bertz CT molecular complexity index is 721. The maximum atomic E-state index is 12.8. The topological polar surface area (TPSA) is 63.6 Å². The average Bonchev–Trinajstić information content (AvgIpc) is 3.29. The third kappa shape index (κ3) is 3.13. The van der Waals surface area contributed by atoms with E-state index in [4.69, 9.17) is 4.74 Å². The highest BCUT2D eigenvalue weighted by Gasteiger charge is 2.35. The van der Waals surface area contributed by atoms with Gasteiger partial charge in [0.15, 0.2) is 0 Å². The van der Waals surface area contributed by atoms with E-state index in [2.05, 4.69) is 10.2 Å². The normalized spacial score (nSPS) is 26.6. The van der Waals surface area contributed by atoms with Crippen molar-refractivity contribution in [2.45, 2.75) is 50.6 Å². The average molecular weight is 345 g/mol. The zero-order valence-corrected chi connectivity index (χ0v) is 14.9. The number of rotatable bonds is 3.